The fraction of sp³-hybridized carbons (Fsp3) is 0.588. The summed E-state index contributed by atoms with van der Waals surface area (Å²) in [7, 11) is 0. The minimum Gasteiger partial charge on any atom is -0.494 e. The Hall–Kier alpha value is -1.26. The normalized spacial score (nSPS) is 15.5. The van der Waals surface area contributed by atoms with E-state index in [1.54, 1.807) is 0 Å². The standard InChI is InChI=1S/C17H25ClN2O2/c18-13-17(21)19-8-5-11-22-16-7-4-6-15(12-16)14-20-9-2-1-3-10-20/h4,6-7,12H,1-3,5,8-11,13-14H2,(H,19,21). The summed E-state index contributed by atoms with van der Waals surface area (Å²) in [6.45, 7) is 4.59. The number of nitrogens with zero attached hydrogens (tertiary/aromatic N) is 1. The summed E-state index contributed by atoms with van der Waals surface area (Å²) in [4.78, 5) is 13.5. The van der Waals surface area contributed by atoms with Gasteiger partial charge in [0, 0.05) is 13.1 Å². The van der Waals surface area contributed by atoms with E-state index in [4.69, 9.17) is 16.3 Å². The number of benzene rings is 1. The van der Waals surface area contributed by atoms with Gasteiger partial charge in [-0.2, -0.15) is 0 Å². The lowest BCUT2D eigenvalue weighted by Crippen LogP contribution is -2.29. The van der Waals surface area contributed by atoms with Crippen LogP contribution in [0.4, 0.5) is 0 Å². The van der Waals surface area contributed by atoms with E-state index in [1.165, 1.54) is 37.9 Å². The van der Waals surface area contributed by atoms with E-state index in [0.717, 1.165) is 18.7 Å². The lowest BCUT2D eigenvalue weighted by atomic mass is 10.1. The molecule has 5 heteroatoms. The maximum absolute atomic E-state index is 11.0. The average Bonchev–Trinajstić information content (AvgIpc) is 2.55. The van der Waals surface area contributed by atoms with Gasteiger partial charge in [-0.25, -0.2) is 0 Å². The number of piperidine rings is 1. The van der Waals surface area contributed by atoms with Crippen LogP contribution in [0, 0.1) is 0 Å². The van der Waals surface area contributed by atoms with Gasteiger partial charge < -0.3 is 10.1 Å². The van der Waals surface area contributed by atoms with E-state index in [0.29, 0.717) is 13.2 Å². The highest BCUT2D eigenvalue weighted by molar-refractivity contribution is 6.27. The monoisotopic (exact) mass is 324 g/mol. The largest absolute Gasteiger partial charge is 0.494 e. The molecule has 0 atom stereocenters. The molecule has 0 spiro atoms. The second-order valence-electron chi connectivity index (χ2n) is 5.67. The SMILES string of the molecule is O=C(CCl)NCCCOc1cccc(CN2CCCCC2)c1. The van der Waals surface area contributed by atoms with Gasteiger partial charge in [-0.05, 0) is 50.0 Å². The number of carbonyl (C=O) groups is 1. The quantitative estimate of drug-likeness (QED) is 0.590. The topological polar surface area (TPSA) is 41.6 Å². The number of likely N-dealkylation sites (tertiary alicyclic amines) is 1. The fourth-order valence-electron chi connectivity index (χ4n) is 2.65. The van der Waals surface area contributed by atoms with Crippen LogP contribution in [-0.4, -0.2) is 42.9 Å². The van der Waals surface area contributed by atoms with Gasteiger partial charge in [0.1, 0.15) is 11.6 Å². The van der Waals surface area contributed by atoms with Crippen LogP contribution in [0.3, 0.4) is 0 Å². The van der Waals surface area contributed by atoms with E-state index in [1.807, 2.05) is 12.1 Å². The lowest BCUT2D eigenvalue weighted by Gasteiger charge is -2.26. The number of rotatable bonds is 8. The van der Waals surface area contributed by atoms with Crippen LogP contribution >= 0.6 is 11.6 Å². The van der Waals surface area contributed by atoms with Crippen LogP contribution in [0.15, 0.2) is 24.3 Å². The molecule has 1 aliphatic heterocycles. The molecule has 1 aromatic rings. The average molecular weight is 325 g/mol. The van der Waals surface area contributed by atoms with Crippen LogP contribution < -0.4 is 10.1 Å². The second kappa shape index (κ2) is 9.70. The van der Waals surface area contributed by atoms with Gasteiger partial charge in [0.2, 0.25) is 5.91 Å². The first kappa shape index (κ1) is 17.1. The molecule has 0 bridgehead atoms. The molecular weight excluding hydrogens is 300 g/mol. The number of hydrogen-bond donors (Lipinski definition) is 1. The first-order chi connectivity index (χ1) is 10.8. The molecule has 0 saturated carbocycles. The molecule has 0 aliphatic carbocycles. The van der Waals surface area contributed by atoms with Crippen molar-refractivity contribution in [3.05, 3.63) is 29.8 Å². The Balaban J connectivity index is 1.70. The van der Waals surface area contributed by atoms with E-state index in [9.17, 15) is 4.79 Å². The summed E-state index contributed by atoms with van der Waals surface area (Å²) >= 11 is 5.41. The number of ether oxygens (including phenoxy) is 1. The van der Waals surface area contributed by atoms with Crippen LogP contribution in [0.5, 0.6) is 5.75 Å². The van der Waals surface area contributed by atoms with Crippen molar-refractivity contribution < 1.29 is 9.53 Å². The Morgan fingerprint density at radius 3 is 2.86 bits per heavy atom. The summed E-state index contributed by atoms with van der Waals surface area (Å²) < 4.78 is 5.75. The smallest absolute Gasteiger partial charge is 0.234 e. The number of hydrogen-bond acceptors (Lipinski definition) is 3. The van der Waals surface area contributed by atoms with Crippen molar-refractivity contribution in [1.29, 1.82) is 0 Å². The molecule has 0 aromatic heterocycles. The molecule has 1 fully saturated rings. The van der Waals surface area contributed by atoms with Crippen LogP contribution in [0.1, 0.15) is 31.2 Å². The summed E-state index contributed by atoms with van der Waals surface area (Å²) in [6.07, 6.45) is 4.76. The van der Waals surface area contributed by atoms with Crippen LogP contribution in [-0.2, 0) is 11.3 Å². The summed E-state index contributed by atoms with van der Waals surface area (Å²) in [5.41, 5.74) is 1.30. The molecule has 1 aliphatic rings. The third-order valence-corrected chi connectivity index (χ3v) is 4.03. The van der Waals surface area contributed by atoms with Gasteiger partial charge in [-0.3, -0.25) is 9.69 Å². The Morgan fingerprint density at radius 1 is 1.27 bits per heavy atom. The Morgan fingerprint density at radius 2 is 2.09 bits per heavy atom. The van der Waals surface area contributed by atoms with Crippen molar-refractivity contribution in [2.24, 2.45) is 0 Å². The number of halogens is 1. The van der Waals surface area contributed by atoms with Crippen molar-refractivity contribution in [2.75, 3.05) is 32.1 Å². The molecule has 1 aromatic carbocycles. The van der Waals surface area contributed by atoms with Crippen LogP contribution in [0.25, 0.3) is 0 Å². The highest BCUT2D eigenvalue weighted by atomic mass is 35.5. The highest BCUT2D eigenvalue weighted by Crippen LogP contribution is 2.17. The minimum atomic E-state index is -0.134. The summed E-state index contributed by atoms with van der Waals surface area (Å²) in [6, 6.07) is 8.30. The maximum atomic E-state index is 11.0. The molecule has 1 saturated heterocycles. The van der Waals surface area contributed by atoms with E-state index < -0.39 is 0 Å². The minimum absolute atomic E-state index is 0.0133. The zero-order valence-electron chi connectivity index (χ0n) is 13.0. The van der Waals surface area contributed by atoms with Crippen LogP contribution in [0.2, 0.25) is 0 Å². The van der Waals surface area contributed by atoms with Crippen molar-refractivity contribution in [3.8, 4) is 5.75 Å². The highest BCUT2D eigenvalue weighted by Gasteiger charge is 2.10. The van der Waals surface area contributed by atoms with Gasteiger partial charge in [0.25, 0.3) is 0 Å². The summed E-state index contributed by atoms with van der Waals surface area (Å²) in [5.74, 6) is 0.780. The fourth-order valence-corrected chi connectivity index (χ4v) is 2.74. The van der Waals surface area contributed by atoms with Gasteiger partial charge in [0.05, 0.1) is 6.61 Å². The van der Waals surface area contributed by atoms with Gasteiger partial charge in [-0.1, -0.05) is 18.6 Å². The van der Waals surface area contributed by atoms with Gasteiger partial charge in [-0.15, -0.1) is 11.6 Å². The zero-order chi connectivity index (χ0) is 15.6. The van der Waals surface area contributed by atoms with E-state index >= 15 is 0 Å². The van der Waals surface area contributed by atoms with Gasteiger partial charge in [0.15, 0.2) is 0 Å². The second-order valence-corrected chi connectivity index (χ2v) is 5.94. The van der Waals surface area contributed by atoms with E-state index in [2.05, 4.69) is 22.3 Å². The van der Waals surface area contributed by atoms with Crippen molar-refractivity contribution >= 4 is 17.5 Å². The molecule has 1 amide bonds. The predicted octanol–water partition coefficient (Wildman–Crippen LogP) is 2.80. The number of amides is 1. The third kappa shape index (κ3) is 6.24. The molecular formula is C17H25ClN2O2. The summed E-state index contributed by atoms with van der Waals surface area (Å²) in [5, 5.41) is 2.73. The molecule has 22 heavy (non-hydrogen) atoms. The maximum Gasteiger partial charge on any atom is 0.234 e. The van der Waals surface area contributed by atoms with E-state index in [-0.39, 0.29) is 11.8 Å². The molecule has 0 unspecified atom stereocenters. The Labute approximate surface area is 137 Å². The molecule has 1 N–H and O–H groups in total. The van der Waals surface area contributed by atoms with Crippen molar-refractivity contribution in [3.63, 3.8) is 0 Å². The Kier molecular flexibility index (Phi) is 7.54. The molecule has 2 rings (SSSR count). The predicted molar refractivity (Wildman–Crippen MR) is 89.4 cm³/mol. The third-order valence-electron chi connectivity index (χ3n) is 3.79. The Bertz CT molecular complexity index is 462. The molecule has 0 radical (unpaired) electrons. The lowest BCUT2D eigenvalue weighted by molar-refractivity contribution is -0.118. The first-order valence-electron chi connectivity index (χ1n) is 8.04. The molecule has 4 nitrogen and oxygen atoms in total. The van der Waals surface area contributed by atoms with Crippen molar-refractivity contribution in [1.82, 2.24) is 10.2 Å². The zero-order valence-corrected chi connectivity index (χ0v) is 13.8. The number of alkyl halides is 1. The van der Waals surface area contributed by atoms with Crippen molar-refractivity contribution in [2.45, 2.75) is 32.2 Å². The molecule has 122 valence electrons. The molecule has 1 heterocycles. The van der Waals surface area contributed by atoms with Gasteiger partial charge >= 0.3 is 0 Å². The number of nitrogens with one attached hydrogen (secondary N) is 1. The number of carbonyl (C=O) groups excluding carboxylic acids is 1. The first-order valence-corrected chi connectivity index (χ1v) is 8.58.